The highest BCUT2D eigenvalue weighted by Gasteiger charge is 2.26. The van der Waals surface area contributed by atoms with E-state index in [0.29, 0.717) is 18.4 Å². The van der Waals surface area contributed by atoms with Gasteiger partial charge in [-0.1, -0.05) is 13.0 Å². The quantitative estimate of drug-likeness (QED) is 0.891. The minimum atomic E-state index is -0.768. The van der Waals surface area contributed by atoms with Crippen LogP contribution in [0.5, 0.6) is 0 Å². The van der Waals surface area contributed by atoms with E-state index in [1.54, 1.807) is 0 Å². The number of carbonyl (C=O) groups excluding carboxylic acids is 1. The lowest BCUT2D eigenvalue weighted by molar-refractivity contribution is -0.117. The number of anilines is 1. The Morgan fingerprint density at radius 1 is 1.43 bits per heavy atom. The Labute approximate surface area is 123 Å². The molecule has 1 aliphatic heterocycles. The number of benzene rings is 1. The van der Waals surface area contributed by atoms with E-state index in [9.17, 15) is 13.6 Å². The third-order valence-electron chi connectivity index (χ3n) is 4.10. The van der Waals surface area contributed by atoms with Gasteiger partial charge in [-0.2, -0.15) is 0 Å². The number of nitrogens with two attached hydrogens (primary N) is 1. The van der Waals surface area contributed by atoms with Gasteiger partial charge in [0.25, 0.3) is 0 Å². The highest BCUT2D eigenvalue weighted by Crippen LogP contribution is 2.22. The summed E-state index contributed by atoms with van der Waals surface area (Å²) in [4.78, 5) is 13.9. The lowest BCUT2D eigenvalue weighted by Gasteiger charge is -2.36. The monoisotopic (exact) mass is 297 g/mol. The van der Waals surface area contributed by atoms with Gasteiger partial charge < -0.3 is 11.1 Å². The largest absolute Gasteiger partial charge is 0.330 e. The van der Waals surface area contributed by atoms with Gasteiger partial charge in [0.2, 0.25) is 5.91 Å². The van der Waals surface area contributed by atoms with Crippen LogP contribution in [0.3, 0.4) is 0 Å². The number of amides is 1. The van der Waals surface area contributed by atoms with Crippen molar-refractivity contribution in [1.29, 1.82) is 0 Å². The normalized spacial score (nSPS) is 23.0. The molecule has 116 valence electrons. The number of hydrogen-bond acceptors (Lipinski definition) is 3. The smallest absolute Gasteiger partial charge is 0.238 e. The topological polar surface area (TPSA) is 58.4 Å². The second kappa shape index (κ2) is 6.95. The highest BCUT2D eigenvalue weighted by molar-refractivity contribution is 5.92. The first-order valence-corrected chi connectivity index (χ1v) is 7.17. The Hall–Kier alpha value is -1.53. The van der Waals surface area contributed by atoms with Gasteiger partial charge in [0.05, 0.1) is 6.54 Å². The number of likely N-dealkylation sites (tertiary alicyclic amines) is 1. The molecule has 21 heavy (non-hydrogen) atoms. The molecule has 0 aromatic heterocycles. The SMILES string of the molecule is CC1CCN(CC(=O)Nc2c(F)cccc2F)CC1CN. The van der Waals surface area contributed by atoms with Crippen LogP contribution in [0.1, 0.15) is 13.3 Å². The Morgan fingerprint density at radius 3 is 2.71 bits per heavy atom. The molecular formula is C15H21F2N3O. The Kier molecular flexibility index (Phi) is 5.25. The van der Waals surface area contributed by atoms with Crippen molar-refractivity contribution in [2.45, 2.75) is 13.3 Å². The van der Waals surface area contributed by atoms with Crippen LogP contribution in [0.4, 0.5) is 14.5 Å². The maximum absolute atomic E-state index is 13.5. The fourth-order valence-electron chi connectivity index (χ4n) is 2.67. The van der Waals surface area contributed by atoms with E-state index in [-0.39, 0.29) is 12.2 Å². The van der Waals surface area contributed by atoms with Crippen LogP contribution >= 0.6 is 0 Å². The third kappa shape index (κ3) is 3.98. The average molecular weight is 297 g/mol. The summed E-state index contributed by atoms with van der Waals surface area (Å²) >= 11 is 0. The first-order chi connectivity index (χ1) is 10.0. The molecule has 3 N–H and O–H groups in total. The summed E-state index contributed by atoms with van der Waals surface area (Å²) in [5.74, 6) is -1.05. The van der Waals surface area contributed by atoms with Crippen LogP contribution in [-0.2, 0) is 4.79 Å². The summed E-state index contributed by atoms with van der Waals surface area (Å²) in [6, 6.07) is 3.50. The van der Waals surface area contributed by atoms with Gasteiger partial charge in [-0.3, -0.25) is 9.69 Å². The van der Waals surface area contributed by atoms with Gasteiger partial charge >= 0.3 is 0 Å². The van der Waals surface area contributed by atoms with Crippen LogP contribution in [0, 0.1) is 23.5 Å². The Morgan fingerprint density at radius 2 is 2.10 bits per heavy atom. The Bertz CT molecular complexity index is 489. The molecule has 1 saturated heterocycles. The van der Waals surface area contributed by atoms with Crippen molar-refractivity contribution in [3.8, 4) is 0 Å². The molecule has 0 spiro atoms. The number of piperidine rings is 1. The Balaban J connectivity index is 1.93. The molecule has 0 aliphatic carbocycles. The predicted octanol–water partition coefficient (Wildman–Crippen LogP) is 1.82. The fourth-order valence-corrected chi connectivity index (χ4v) is 2.67. The molecule has 1 aromatic carbocycles. The molecule has 1 amide bonds. The molecule has 1 fully saturated rings. The highest BCUT2D eigenvalue weighted by atomic mass is 19.1. The molecule has 2 unspecified atom stereocenters. The van der Waals surface area contributed by atoms with E-state index in [2.05, 4.69) is 12.2 Å². The molecule has 1 aliphatic rings. The number of rotatable bonds is 4. The van der Waals surface area contributed by atoms with Crippen molar-refractivity contribution < 1.29 is 13.6 Å². The van der Waals surface area contributed by atoms with Gasteiger partial charge in [-0.15, -0.1) is 0 Å². The maximum Gasteiger partial charge on any atom is 0.238 e. The second-order valence-electron chi connectivity index (χ2n) is 5.64. The summed E-state index contributed by atoms with van der Waals surface area (Å²) in [7, 11) is 0. The lowest BCUT2D eigenvalue weighted by atomic mass is 9.87. The number of nitrogens with zero attached hydrogens (tertiary/aromatic N) is 1. The first-order valence-electron chi connectivity index (χ1n) is 7.17. The predicted molar refractivity (Wildman–Crippen MR) is 77.8 cm³/mol. The van der Waals surface area contributed by atoms with Gasteiger partial charge in [-0.05, 0) is 43.5 Å². The van der Waals surface area contributed by atoms with Crippen LogP contribution < -0.4 is 11.1 Å². The van der Waals surface area contributed by atoms with Gasteiger partial charge in [0, 0.05) is 6.54 Å². The minimum absolute atomic E-state index is 0.122. The van der Waals surface area contributed by atoms with Crippen LogP contribution in [0.15, 0.2) is 18.2 Å². The van der Waals surface area contributed by atoms with E-state index < -0.39 is 17.5 Å². The number of hydrogen-bond donors (Lipinski definition) is 2. The van der Waals surface area contributed by atoms with Crippen molar-refractivity contribution in [3.63, 3.8) is 0 Å². The molecule has 0 saturated carbocycles. The first kappa shape index (κ1) is 15.9. The summed E-state index contributed by atoms with van der Waals surface area (Å²) < 4.78 is 26.9. The van der Waals surface area contributed by atoms with E-state index in [1.165, 1.54) is 6.07 Å². The van der Waals surface area contributed by atoms with Crippen molar-refractivity contribution in [2.75, 3.05) is 31.5 Å². The van der Waals surface area contributed by atoms with Crippen molar-refractivity contribution >= 4 is 11.6 Å². The van der Waals surface area contributed by atoms with Crippen molar-refractivity contribution in [2.24, 2.45) is 17.6 Å². The maximum atomic E-state index is 13.5. The standard InChI is InChI=1S/C15H21F2N3O/c1-10-5-6-20(8-11(10)7-18)9-14(21)19-15-12(16)3-2-4-13(15)17/h2-4,10-11H,5-9,18H2,1H3,(H,19,21). The molecule has 0 radical (unpaired) electrons. The van der Waals surface area contributed by atoms with Crippen LogP contribution in [0.2, 0.25) is 0 Å². The zero-order chi connectivity index (χ0) is 15.4. The third-order valence-corrected chi connectivity index (χ3v) is 4.10. The average Bonchev–Trinajstić information content (AvgIpc) is 2.45. The molecule has 4 nitrogen and oxygen atoms in total. The van der Waals surface area contributed by atoms with Gasteiger partial charge in [0.15, 0.2) is 0 Å². The van der Waals surface area contributed by atoms with E-state index >= 15 is 0 Å². The molecule has 2 rings (SSSR count). The van der Waals surface area contributed by atoms with Crippen molar-refractivity contribution in [1.82, 2.24) is 4.90 Å². The molecular weight excluding hydrogens is 276 g/mol. The summed E-state index contributed by atoms with van der Waals surface area (Å²) in [6.45, 7) is 4.40. The van der Waals surface area contributed by atoms with Gasteiger partial charge in [0.1, 0.15) is 17.3 Å². The second-order valence-corrected chi connectivity index (χ2v) is 5.64. The van der Waals surface area contributed by atoms with Gasteiger partial charge in [-0.25, -0.2) is 8.78 Å². The van der Waals surface area contributed by atoms with E-state index in [1.807, 2.05) is 4.90 Å². The zero-order valence-electron chi connectivity index (χ0n) is 12.1. The number of nitrogens with one attached hydrogen (secondary N) is 1. The summed E-state index contributed by atoms with van der Waals surface area (Å²) in [6.07, 6.45) is 0.975. The lowest BCUT2D eigenvalue weighted by Crippen LogP contribution is -2.45. The molecule has 1 heterocycles. The van der Waals surface area contributed by atoms with Crippen molar-refractivity contribution in [3.05, 3.63) is 29.8 Å². The fraction of sp³-hybridized carbons (Fsp3) is 0.533. The molecule has 0 bridgehead atoms. The number of para-hydroxylation sites is 1. The number of halogens is 2. The molecule has 6 heteroatoms. The molecule has 2 atom stereocenters. The van der Waals surface area contributed by atoms with Crippen LogP contribution in [0.25, 0.3) is 0 Å². The minimum Gasteiger partial charge on any atom is -0.330 e. The van der Waals surface area contributed by atoms with E-state index in [4.69, 9.17) is 5.73 Å². The summed E-state index contributed by atoms with van der Waals surface area (Å²) in [5.41, 5.74) is 5.34. The molecule has 1 aromatic rings. The van der Waals surface area contributed by atoms with Crippen LogP contribution in [-0.4, -0.2) is 37.0 Å². The van der Waals surface area contributed by atoms with E-state index in [0.717, 1.165) is 31.6 Å². The number of carbonyl (C=O) groups is 1. The zero-order valence-corrected chi connectivity index (χ0v) is 12.1. The summed E-state index contributed by atoms with van der Waals surface area (Å²) in [5, 5.41) is 2.31.